The van der Waals surface area contributed by atoms with Crippen molar-refractivity contribution in [1.29, 1.82) is 0 Å². The number of carboxylic acid groups (broad SMARTS) is 1. The molecule has 0 unspecified atom stereocenters. The first-order valence-corrected chi connectivity index (χ1v) is 7.49. The third-order valence-corrected chi connectivity index (χ3v) is 4.20. The van der Waals surface area contributed by atoms with Crippen LogP contribution in [-0.4, -0.2) is 15.6 Å². The zero-order valence-corrected chi connectivity index (χ0v) is 12.6. The Balaban J connectivity index is 2.12. The van der Waals surface area contributed by atoms with Crippen molar-refractivity contribution in [2.45, 2.75) is 0 Å². The fourth-order valence-corrected chi connectivity index (χ4v) is 3.16. The van der Waals surface area contributed by atoms with E-state index in [1.807, 2.05) is 35.7 Å². The highest BCUT2D eigenvalue weighted by Crippen LogP contribution is 2.36. The summed E-state index contributed by atoms with van der Waals surface area (Å²) < 4.78 is 1.48. The lowest BCUT2D eigenvalue weighted by atomic mass is 10.0. The van der Waals surface area contributed by atoms with Gasteiger partial charge in [-0.25, -0.2) is 9.64 Å². The monoisotopic (exact) mass is 308 g/mol. The number of aromatic carboxylic acids is 1. The molecule has 4 nitrogen and oxygen atoms in total. The van der Waals surface area contributed by atoms with Crippen molar-refractivity contribution < 1.29 is 9.90 Å². The van der Waals surface area contributed by atoms with Crippen molar-refractivity contribution in [2.75, 3.05) is 0 Å². The normalized spacial score (nSPS) is 10.4. The van der Waals surface area contributed by atoms with Gasteiger partial charge in [-0.05, 0) is 33.5 Å². The quantitative estimate of drug-likeness (QED) is 0.715. The van der Waals surface area contributed by atoms with Gasteiger partial charge in [0.05, 0.1) is 6.57 Å². The van der Waals surface area contributed by atoms with Crippen LogP contribution in [0.1, 0.15) is 10.5 Å². The minimum absolute atomic E-state index is 0.134. The van der Waals surface area contributed by atoms with Gasteiger partial charge in [-0.15, -0.1) is 0 Å². The molecule has 0 spiro atoms. The van der Waals surface area contributed by atoms with Gasteiger partial charge in [0, 0.05) is 18.8 Å². The van der Waals surface area contributed by atoms with Crippen molar-refractivity contribution >= 4 is 23.0 Å². The first-order chi connectivity index (χ1) is 10.6. The molecule has 1 N–H and O–H groups in total. The second-order valence-electron chi connectivity index (χ2n) is 4.86. The Morgan fingerprint density at radius 1 is 1.18 bits per heavy atom. The van der Waals surface area contributed by atoms with Crippen LogP contribution in [0.3, 0.4) is 0 Å². The van der Waals surface area contributed by atoms with Crippen LogP contribution in [0, 0.1) is 6.57 Å². The van der Waals surface area contributed by atoms with Crippen molar-refractivity contribution in [2.24, 2.45) is 7.05 Å². The molecule has 1 aromatic carbocycles. The molecule has 5 heteroatoms. The van der Waals surface area contributed by atoms with Gasteiger partial charge in [0.25, 0.3) is 0 Å². The molecule has 0 saturated heterocycles. The molecule has 0 aliphatic carbocycles. The SMILES string of the molecule is [C-]#[N+]c1cn(C)c(C(=O)O)c1-c1ccc(-c2ccsc2)cc1. The summed E-state index contributed by atoms with van der Waals surface area (Å²) in [5.41, 5.74) is 3.90. The lowest BCUT2D eigenvalue weighted by Gasteiger charge is -2.06. The first-order valence-electron chi connectivity index (χ1n) is 6.55. The molecule has 0 atom stereocenters. The number of carboxylic acids is 1. The molecule has 0 fully saturated rings. The fourth-order valence-electron chi connectivity index (χ4n) is 2.50. The number of rotatable bonds is 3. The topological polar surface area (TPSA) is 46.6 Å². The van der Waals surface area contributed by atoms with Crippen molar-refractivity contribution in [3.63, 3.8) is 0 Å². The van der Waals surface area contributed by atoms with Crippen LogP contribution in [-0.2, 0) is 7.05 Å². The summed E-state index contributed by atoms with van der Waals surface area (Å²) in [5, 5.41) is 13.5. The predicted molar refractivity (Wildman–Crippen MR) is 87.4 cm³/mol. The summed E-state index contributed by atoms with van der Waals surface area (Å²) in [6, 6.07) is 9.66. The maximum Gasteiger partial charge on any atom is 0.351 e. The van der Waals surface area contributed by atoms with E-state index in [2.05, 4.69) is 10.2 Å². The summed E-state index contributed by atoms with van der Waals surface area (Å²) >= 11 is 1.63. The van der Waals surface area contributed by atoms with Gasteiger partial charge >= 0.3 is 5.97 Å². The zero-order valence-electron chi connectivity index (χ0n) is 11.8. The summed E-state index contributed by atoms with van der Waals surface area (Å²) in [5.74, 6) is -1.03. The Labute approximate surface area is 131 Å². The number of hydrogen-bond donors (Lipinski definition) is 1. The van der Waals surface area contributed by atoms with E-state index in [4.69, 9.17) is 6.57 Å². The molecule has 0 amide bonds. The molecular formula is C17H12N2O2S. The number of thiophene rings is 1. The average molecular weight is 308 g/mol. The highest BCUT2D eigenvalue weighted by molar-refractivity contribution is 7.08. The molecule has 0 saturated carbocycles. The first kappa shape index (κ1) is 14.1. The van der Waals surface area contributed by atoms with Crippen LogP contribution < -0.4 is 0 Å². The average Bonchev–Trinajstić information content (AvgIpc) is 3.14. The molecule has 0 aliphatic rings. The van der Waals surface area contributed by atoms with Crippen LogP contribution in [0.15, 0.2) is 47.3 Å². The van der Waals surface area contributed by atoms with Gasteiger partial charge in [-0.2, -0.15) is 11.3 Å². The van der Waals surface area contributed by atoms with E-state index in [0.717, 1.165) is 16.7 Å². The molecule has 22 heavy (non-hydrogen) atoms. The Bertz CT molecular complexity index is 869. The van der Waals surface area contributed by atoms with Crippen LogP contribution in [0.2, 0.25) is 0 Å². The lowest BCUT2D eigenvalue weighted by molar-refractivity contribution is 0.0687. The number of aryl methyl sites for hydroxylation is 1. The van der Waals surface area contributed by atoms with E-state index in [1.165, 1.54) is 4.57 Å². The summed E-state index contributed by atoms with van der Waals surface area (Å²) in [4.78, 5) is 14.9. The maximum absolute atomic E-state index is 11.5. The van der Waals surface area contributed by atoms with Gasteiger partial charge in [-0.3, -0.25) is 0 Å². The van der Waals surface area contributed by atoms with Crippen LogP contribution >= 0.6 is 11.3 Å². The van der Waals surface area contributed by atoms with Crippen LogP contribution in [0.4, 0.5) is 5.69 Å². The molecule has 0 aliphatic heterocycles. The molecular weight excluding hydrogens is 296 g/mol. The van der Waals surface area contributed by atoms with E-state index in [0.29, 0.717) is 11.3 Å². The highest BCUT2D eigenvalue weighted by Gasteiger charge is 2.21. The molecule has 3 aromatic rings. The number of hydrogen-bond acceptors (Lipinski definition) is 2. The van der Waals surface area contributed by atoms with Gasteiger partial charge in [0.2, 0.25) is 5.69 Å². The van der Waals surface area contributed by atoms with Gasteiger partial charge < -0.3 is 9.67 Å². The number of aromatic nitrogens is 1. The third kappa shape index (κ3) is 2.30. The highest BCUT2D eigenvalue weighted by atomic mass is 32.1. The Kier molecular flexibility index (Phi) is 3.53. The minimum Gasteiger partial charge on any atom is -0.477 e. The second-order valence-corrected chi connectivity index (χ2v) is 5.64. The van der Waals surface area contributed by atoms with Gasteiger partial charge in [0.15, 0.2) is 0 Å². The molecule has 0 radical (unpaired) electrons. The van der Waals surface area contributed by atoms with Crippen LogP contribution in [0.5, 0.6) is 0 Å². The van der Waals surface area contributed by atoms with Crippen LogP contribution in [0.25, 0.3) is 27.1 Å². The maximum atomic E-state index is 11.5. The smallest absolute Gasteiger partial charge is 0.351 e. The van der Waals surface area contributed by atoms with E-state index < -0.39 is 5.97 Å². The lowest BCUT2D eigenvalue weighted by Crippen LogP contribution is -2.05. The largest absolute Gasteiger partial charge is 0.477 e. The number of carbonyl (C=O) groups is 1. The Morgan fingerprint density at radius 2 is 1.86 bits per heavy atom. The molecule has 2 aromatic heterocycles. The number of nitrogens with zero attached hydrogens (tertiary/aromatic N) is 2. The molecule has 3 rings (SSSR count). The van der Waals surface area contributed by atoms with E-state index in [-0.39, 0.29) is 5.69 Å². The van der Waals surface area contributed by atoms with Crippen molar-refractivity contribution in [1.82, 2.24) is 4.57 Å². The zero-order chi connectivity index (χ0) is 15.7. The molecule has 108 valence electrons. The van der Waals surface area contributed by atoms with Gasteiger partial charge in [0.1, 0.15) is 5.69 Å². The predicted octanol–water partition coefficient (Wildman–Crippen LogP) is 4.67. The molecule has 0 bridgehead atoms. The summed E-state index contributed by atoms with van der Waals surface area (Å²) in [7, 11) is 1.64. The second kappa shape index (κ2) is 5.51. The molecule has 2 heterocycles. The summed E-state index contributed by atoms with van der Waals surface area (Å²) in [6.07, 6.45) is 1.55. The fraction of sp³-hybridized carbons (Fsp3) is 0.0588. The Hall–Kier alpha value is -2.84. The number of benzene rings is 1. The van der Waals surface area contributed by atoms with E-state index in [9.17, 15) is 9.90 Å². The third-order valence-electron chi connectivity index (χ3n) is 3.51. The van der Waals surface area contributed by atoms with Crippen molar-refractivity contribution in [3.8, 4) is 22.3 Å². The van der Waals surface area contributed by atoms with Crippen molar-refractivity contribution in [3.05, 3.63) is 64.4 Å². The summed E-state index contributed by atoms with van der Waals surface area (Å²) in [6.45, 7) is 7.26. The van der Waals surface area contributed by atoms with Gasteiger partial charge in [-0.1, -0.05) is 24.3 Å². The Morgan fingerprint density at radius 3 is 2.41 bits per heavy atom. The standard InChI is InChI=1S/C17H12N2O2S/c1-18-14-9-19(2)16(17(20)21)15(14)12-5-3-11(4-6-12)13-7-8-22-10-13/h3-10H,2H3,(H,20,21). The minimum atomic E-state index is -1.03. The van der Waals surface area contributed by atoms with E-state index in [1.54, 1.807) is 24.6 Å². The van der Waals surface area contributed by atoms with E-state index >= 15 is 0 Å².